The van der Waals surface area contributed by atoms with E-state index in [0.29, 0.717) is 17.0 Å². The Hall–Kier alpha value is -3.16. The number of carbonyl (C=O) groups is 2. The number of aryl methyl sites for hydroxylation is 1. The summed E-state index contributed by atoms with van der Waals surface area (Å²) in [4.78, 5) is 36.0. The lowest BCUT2D eigenvalue weighted by Gasteiger charge is -2.30. The fourth-order valence-corrected chi connectivity index (χ4v) is 3.23. The molecule has 0 aromatic heterocycles. The summed E-state index contributed by atoms with van der Waals surface area (Å²) in [6.45, 7) is 4.91. The molecule has 8 heteroatoms. The molecular weight excluding hydrogens is 340 g/mol. The fourth-order valence-electron chi connectivity index (χ4n) is 3.23. The van der Waals surface area contributed by atoms with E-state index in [1.54, 1.807) is 32.9 Å². The van der Waals surface area contributed by atoms with Crippen LogP contribution < -0.4 is 5.32 Å². The zero-order valence-corrected chi connectivity index (χ0v) is 15.2. The first-order valence-corrected chi connectivity index (χ1v) is 7.83. The summed E-state index contributed by atoms with van der Waals surface area (Å²) < 4.78 is 9.72. The number of nitrogens with one attached hydrogen (secondary N) is 1. The highest BCUT2D eigenvalue weighted by molar-refractivity contribution is 6.00. The van der Waals surface area contributed by atoms with E-state index in [1.165, 1.54) is 20.3 Å². The quantitative estimate of drug-likeness (QED) is 0.499. The van der Waals surface area contributed by atoms with E-state index in [9.17, 15) is 19.7 Å². The van der Waals surface area contributed by atoms with E-state index < -0.39 is 22.8 Å². The molecule has 0 unspecified atom stereocenters. The van der Waals surface area contributed by atoms with E-state index >= 15 is 0 Å². The van der Waals surface area contributed by atoms with Gasteiger partial charge in [-0.05, 0) is 20.8 Å². The van der Waals surface area contributed by atoms with Crippen LogP contribution in [0.25, 0.3) is 0 Å². The number of nitro groups is 1. The van der Waals surface area contributed by atoms with Gasteiger partial charge >= 0.3 is 11.9 Å². The minimum absolute atomic E-state index is 0.132. The number of carbonyl (C=O) groups excluding carboxylic acids is 2. The van der Waals surface area contributed by atoms with Gasteiger partial charge in [0.25, 0.3) is 5.69 Å². The third-order valence-electron chi connectivity index (χ3n) is 4.33. The Labute approximate surface area is 150 Å². The average molecular weight is 360 g/mol. The Morgan fingerprint density at radius 2 is 1.54 bits per heavy atom. The molecule has 0 aliphatic carbocycles. The maximum atomic E-state index is 12.4. The standard InChI is InChI=1S/C18H20N2O6/c1-9-7-6-8-12(16(9)20(23)24)15-13(17(21)25-4)10(2)19-11(3)14(15)18(22)26-5/h6-8,15,19H,1-5H3. The van der Waals surface area contributed by atoms with Crippen LogP contribution in [0, 0.1) is 17.0 Å². The maximum Gasteiger partial charge on any atom is 0.336 e. The molecule has 8 nitrogen and oxygen atoms in total. The van der Waals surface area contributed by atoms with E-state index in [4.69, 9.17) is 9.47 Å². The van der Waals surface area contributed by atoms with E-state index in [2.05, 4.69) is 5.32 Å². The maximum absolute atomic E-state index is 12.4. The van der Waals surface area contributed by atoms with E-state index in [1.807, 2.05) is 0 Å². The molecular formula is C18H20N2O6. The highest BCUT2D eigenvalue weighted by Crippen LogP contribution is 2.43. The monoisotopic (exact) mass is 360 g/mol. The van der Waals surface area contributed by atoms with Gasteiger partial charge in [0.1, 0.15) is 0 Å². The molecule has 138 valence electrons. The second kappa shape index (κ2) is 7.38. The van der Waals surface area contributed by atoms with Crippen molar-refractivity contribution in [1.29, 1.82) is 0 Å². The second-order valence-electron chi connectivity index (χ2n) is 5.89. The number of hydrogen-bond donors (Lipinski definition) is 1. The molecule has 0 atom stereocenters. The molecule has 0 radical (unpaired) electrons. The molecule has 0 amide bonds. The molecule has 0 bridgehead atoms. The number of rotatable bonds is 4. The van der Waals surface area contributed by atoms with Crippen molar-refractivity contribution in [2.24, 2.45) is 0 Å². The molecule has 1 heterocycles. The zero-order chi connectivity index (χ0) is 19.6. The molecule has 1 aliphatic heterocycles. The summed E-state index contributed by atoms with van der Waals surface area (Å²) >= 11 is 0. The van der Waals surface area contributed by atoms with Crippen molar-refractivity contribution in [2.45, 2.75) is 26.7 Å². The Kier molecular flexibility index (Phi) is 5.44. The third kappa shape index (κ3) is 3.17. The Bertz CT molecular complexity index is 815. The normalized spacial score (nSPS) is 14.8. The van der Waals surface area contributed by atoms with Crippen molar-refractivity contribution in [1.82, 2.24) is 5.32 Å². The Morgan fingerprint density at radius 3 is 1.96 bits per heavy atom. The molecule has 26 heavy (non-hydrogen) atoms. The van der Waals surface area contributed by atoms with Crippen LogP contribution in [0.5, 0.6) is 0 Å². The van der Waals surface area contributed by atoms with Crippen LogP contribution in [0.2, 0.25) is 0 Å². The average Bonchev–Trinajstić information content (AvgIpc) is 2.59. The first kappa shape index (κ1) is 19.2. The van der Waals surface area contributed by atoms with Gasteiger partial charge in [-0.15, -0.1) is 0 Å². The molecule has 0 spiro atoms. The van der Waals surface area contributed by atoms with Gasteiger partial charge in [-0.2, -0.15) is 0 Å². The fraction of sp³-hybridized carbons (Fsp3) is 0.333. The summed E-state index contributed by atoms with van der Waals surface area (Å²) in [5, 5.41) is 14.6. The summed E-state index contributed by atoms with van der Waals surface area (Å²) in [6.07, 6.45) is 0. The van der Waals surface area contributed by atoms with E-state index in [0.717, 1.165) is 0 Å². The number of dihydropyridines is 1. The van der Waals surface area contributed by atoms with Crippen LogP contribution in [-0.2, 0) is 19.1 Å². The number of methoxy groups -OCH3 is 2. The smallest absolute Gasteiger partial charge is 0.336 e. The summed E-state index contributed by atoms with van der Waals surface area (Å²) in [5.74, 6) is -2.33. The van der Waals surface area contributed by atoms with Gasteiger partial charge in [0.05, 0.1) is 36.2 Å². The molecule has 1 N–H and O–H groups in total. The lowest BCUT2D eigenvalue weighted by atomic mass is 9.79. The molecule has 1 aliphatic rings. The number of allylic oxidation sites excluding steroid dienone is 2. The predicted molar refractivity (Wildman–Crippen MR) is 93.1 cm³/mol. The van der Waals surface area contributed by atoms with Crippen molar-refractivity contribution < 1.29 is 24.0 Å². The van der Waals surface area contributed by atoms with Crippen molar-refractivity contribution in [3.63, 3.8) is 0 Å². The summed E-state index contributed by atoms with van der Waals surface area (Å²) in [7, 11) is 2.43. The highest BCUT2D eigenvalue weighted by atomic mass is 16.6. The van der Waals surface area contributed by atoms with Gasteiger partial charge in [-0.25, -0.2) is 9.59 Å². The number of nitrogens with zero attached hydrogens (tertiary/aromatic N) is 1. The SMILES string of the molecule is COC(=O)C1=C(C)NC(C)=C(C(=O)OC)C1c1cccc(C)c1[N+](=O)[O-]. The minimum Gasteiger partial charge on any atom is -0.466 e. The third-order valence-corrected chi connectivity index (χ3v) is 4.33. The van der Waals surface area contributed by atoms with Crippen LogP contribution >= 0.6 is 0 Å². The van der Waals surface area contributed by atoms with Crippen molar-refractivity contribution >= 4 is 17.6 Å². The molecule has 0 fully saturated rings. The number of hydrogen-bond acceptors (Lipinski definition) is 7. The minimum atomic E-state index is -0.976. The number of para-hydroxylation sites is 1. The van der Waals surface area contributed by atoms with Gasteiger partial charge in [0.15, 0.2) is 0 Å². The number of esters is 2. The molecule has 0 saturated carbocycles. The van der Waals surface area contributed by atoms with Crippen LogP contribution in [-0.4, -0.2) is 31.1 Å². The Morgan fingerprint density at radius 1 is 1.04 bits per heavy atom. The molecule has 1 aromatic rings. The zero-order valence-electron chi connectivity index (χ0n) is 15.2. The lowest BCUT2D eigenvalue weighted by Crippen LogP contribution is -2.32. The first-order chi connectivity index (χ1) is 12.2. The van der Waals surface area contributed by atoms with Crippen LogP contribution in [0.4, 0.5) is 5.69 Å². The van der Waals surface area contributed by atoms with Crippen LogP contribution in [0.15, 0.2) is 40.7 Å². The summed E-state index contributed by atoms with van der Waals surface area (Å²) in [5.41, 5.74) is 1.69. The summed E-state index contributed by atoms with van der Waals surface area (Å²) in [6, 6.07) is 4.78. The largest absolute Gasteiger partial charge is 0.466 e. The topological polar surface area (TPSA) is 108 Å². The molecule has 2 rings (SSSR count). The van der Waals surface area contributed by atoms with Gasteiger partial charge in [0.2, 0.25) is 0 Å². The van der Waals surface area contributed by atoms with Crippen molar-refractivity contribution in [3.8, 4) is 0 Å². The van der Waals surface area contributed by atoms with E-state index in [-0.39, 0.29) is 22.4 Å². The highest BCUT2D eigenvalue weighted by Gasteiger charge is 2.40. The Balaban J connectivity index is 2.86. The molecule has 0 saturated heterocycles. The van der Waals surface area contributed by atoms with Gasteiger partial charge in [-0.1, -0.05) is 18.2 Å². The van der Waals surface area contributed by atoms with Gasteiger partial charge < -0.3 is 14.8 Å². The lowest BCUT2D eigenvalue weighted by molar-refractivity contribution is -0.386. The second-order valence-corrected chi connectivity index (χ2v) is 5.89. The van der Waals surface area contributed by atoms with Crippen molar-refractivity contribution in [2.75, 3.05) is 14.2 Å². The predicted octanol–water partition coefficient (Wildman–Crippen LogP) is 2.48. The van der Waals surface area contributed by atoms with Gasteiger partial charge in [-0.3, -0.25) is 10.1 Å². The number of benzene rings is 1. The number of ether oxygens (including phenoxy) is 2. The number of nitro benzene ring substituents is 1. The van der Waals surface area contributed by atoms with Gasteiger partial charge in [0, 0.05) is 22.5 Å². The molecule has 1 aromatic carbocycles. The van der Waals surface area contributed by atoms with Crippen LogP contribution in [0.1, 0.15) is 30.9 Å². The first-order valence-electron chi connectivity index (χ1n) is 7.83. The van der Waals surface area contributed by atoms with Crippen LogP contribution in [0.3, 0.4) is 0 Å². The van der Waals surface area contributed by atoms with Crippen molar-refractivity contribution in [3.05, 3.63) is 62.0 Å².